The fraction of sp³-hybridized carbons (Fsp3) is 0.214. The maximum Gasteiger partial charge on any atom is 0.313 e. The maximum absolute atomic E-state index is 11.3. The lowest BCUT2D eigenvalue weighted by Gasteiger charge is -2.21. The van der Waals surface area contributed by atoms with E-state index in [1.807, 2.05) is 30.3 Å². The summed E-state index contributed by atoms with van der Waals surface area (Å²) in [6, 6.07) is 11.1. The second-order valence-corrected chi connectivity index (χ2v) is 4.98. The molecule has 0 aliphatic rings. The standard InChI is InChI=1S/C14H13ClO2/c1-14(2,13(16)17)11-7-3-6-10-9(11)5-4-8-12(10)15/h3-8H,1-2H3,(H,16,17). The highest BCUT2D eigenvalue weighted by Gasteiger charge is 2.30. The van der Waals surface area contributed by atoms with Crippen molar-refractivity contribution in [2.75, 3.05) is 0 Å². The van der Waals surface area contributed by atoms with Crippen LogP contribution in [-0.2, 0) is 10.2 Å². The SMILES string of the molecule is CC(C)(C(=O)O)c1cccc2c(Cl)cccc12. The van der Waals surface area contributed by atoms with Crippen molar-refractivity contribution in [1.29, 1.82) is 0 Å². The van der Waals surface area contributed by atoms with Crippen molar-refractivity contribution in [3.8, 4) is 0 Å². The van der Waals surface area contributed by atoms with Gasteiger partial charge in [-0.25, -0.2) is 0 Å². The normalized spacial score (nSPS) is 11.7. The summed E-state index contributed by atoms with van der Waals surface area (Å²) in [6.45, 7) is 3.40. The molecular formula is C14H13ClO2. The minimum absolute atomic E-state index is 0.644. The van der Waals surface area contributed by atoms with Gasteiger partial charge in [-0.1, -0.05) is 41.9 Å². The first-order chi connectivity index (χ1) is 7.94. The van der Waals surface area contributed by atoms with Gasteiger partial charge in [0, 0.05) is 10.4 Å². The molecule has 0 aliphatic heterocycles. The molecule has 2 rings (SSSR count). The van der Waals surface area contributed by atoms with Crippen molar-refractivity contribution in [2.45, 2.75) is 19.3 Å². The van der Waals surface area contributed by atoms with Crippen molar-refractivity contribution in [3.63, 3.8) is 0 Å². The summed E-state index contributed by atoms with van der Waals surface area (Å²) >= 11 is 6.11. The molecule has 0 saturated heterocycles. The summed E-state index contributed by atoms with van der Waals surface area (Å²) in [5.41, 5.74) is -0.144. The van der Waals surface area contributed by atoms with Crippen LogP contribution in [0.3, 0.4) is 0 Å². The van der Waals surface area contributed by atoms with Gasteiger partial charge in [-0.3, -0.25) is 4.79 Å². The van der Waals surface area contributed by atoms with Crippen LogP contribution in [0.4, 0.5) is 0 Å². The van der Waals surface area contributed by atoms with E-state index in [0.717, 1.165) is 16.3 Å². The molecule has 2 aromatic rings. The number of hydrogen-bond acceptors (Lipinski definition) is 1. The molecule has 88 valence electrons. The molecule has 0 aliphatic carbocycles. The largest absolute Gasteiger partial charge is 0.481 e. The predicted octanol–water partition coefficient (Wildman–Crippen LogP) is 3.86. The highest BCUT2D eigenvalue weighted by Crippen LogP contribution is 2.33. The Balaban J connectivity index is 2.80. The van der Waals surface area contributed by atoms with Gasteiger partial charge in [0.15, 0.2) is 0 Å². The zero-order valence-corrected chi connectivity index (χ0v) is 10.5. The number of rotatable bonds is 2. The van der Waals surface area contributed by atoms with Gasteiger partial charge in [-0.15, -0.1) is 0 Å². The van der Waals surface area contributed by atoms with Crippen LogP contribution in [0, 0.1) is 0 Å². The minimum Gasteiger partial charge on any atom is -0.481 e. The molecule has 0 unspecified atom stereocenters. The first kappa shape index (κ1) is 11.9. The Morgan fingerprint density at radius 2 is 1.71 bits per heavy atom. The second kappa shape index (κ2) is 4.04. The average molecular weight is 249 g/mol. The van der Waals surface area contributed by atoms with E-state index in [1.165, 1.54) is 0 Å². The van der Waals surface area contributed by atoms with Gasteiger partial charge < -0.3 is 5.11 Å². The summed E-state index contributed by atoms with van der Waals surface area (Å²) in [5.74, 6) is -0.843. The van der Waals surface area contributed by atoms with Crippen molar-refractivity contribution in [3.05, 3.63) is 47.0 Å². The molecule has 3 heteroatoms. The Kier molecular flexibility index (Phi) is 2.84. The first-order valence-corrected chi connectivity index (χ1v) is 5.73. The van der Waals surface area contributed by atoms with E-state index in [-0.39, 0.29) is 0 Å². The third kappa shape index (κ3) is 1.89. The van der Waals surface area contributed by atoms with Crippen LogP contribution in [0.1, 0.15) is 19.4 Å². The number of hydrogen-bond donors (Lipinski definition) is 1. The van der Waals surface area contributed by atoms with Gasteiger partial charge in [0.2, 0.25) is 0 Å². The van der Waals surface area contributed by atoms with E-state index in [2.05, 4.69) is 0 Å². The number of halogens is 1. The number of carboxylic acids is 1. The lowest BCUT2D eigenvalue weighted by atomic mass is 9.82. The molecule has 0 aromatic heterocycles. The summed E-state index contributed by atoms with van der Waals surface area (Å²) in [4.78, 5) is 11.3. The van der Waals surface area contributed by atoms with Gasteiger partial charge in [0.25, 0.3) is 0 Å². The van der Waals surface area contributed by atoms with Crippen molar-refractivity contribution >= 4 is 28.3 Å². The number of carbonyl (C=O) groups is 1. The summed E-state index contributed by atoms with van der Waals surface area (Å²) in [7, 11) is 0. The van der Waals surface area contributed by atoms with Crippen molar-refractivity contribution in [1.82, 2.24) is 0 Å². The van der Waals surface area contributed by atoms with E-state index < -0.39 is 11.4 Å². The van der Waals surface area contributed by atoms with Crippen LogP contribution in [0.25, 0.3) is 10.8 Å². The quantitative estimate of drug-likeness (QED) is 0.876. The number of carboxylic acid groups (broad SMARTS) is 1. The second-order valence-electron chi connectivity index (χ2n) is 4.57. The zero-order chi connectivity index (χ0) is 12.6. The predicted molar refractivity (Wildman–Crippen MR) is 69.6 cm³/mol. The van der Waals surface area contributed by atoms with Gasteiger partial charge in [0.1, 0.15) is 0 Å². The van der Waals surface area contributed by atoms with E-state index >= 15 is 0 Å². The Hall–Kier alpha value is -1.54. The lowest BCUT2D eigenvalue weighted by Crippen LogP contribution is -2.28. The lowest BCUT2D eigenvalue weighted by molar-refractivity contribution is -0.142. The summed E-state index contributed by atoms with van der Waals surface area (Å²) in [5, 5.41) is 11.7. The molecule has 0 heterocycles. The molecule has 2 nitrogen and oxygen atoms in total. The average Bonchev–Trinajstić information content (AvgIpc) is 2.28. The van der Waals surface area contributed by atoms with Gasteiger partial charge in [0.05, 0.1) is 5.41 Å². The topological polar surface area (TPSA) is 37.3 Å². The molecule has 1 N–H and O–H groups in total. The molecular weight excluding hydrogens is 236 g/mol. The number of fused-ring (bicyclic) bond motifs is 1. The molecule has 0 radical (unpaired) electrons. The Morgan fingerprint density at radius 1 is 1.12 bits per heavy atom. The molecule has 0 amide bonds. The first-order valence-electron chi connectivity index (χ1n) is 5.35. The third-order valence-corrected chi connectivity index (χ3v) is 3.41. The van der Waals surface area contributed by atoms with Crippen LogP contribution in [0.2, 0.25) is 5.02 Å². The monoisotopic (exact) mass is 248 g/mol. The summed E-state index contributed by atoms with van der Waals surface area (Å²) < 4.78 is 0. The van der Waals surface area contributed by atoms with Crippen LogP contribution in [0.15, 0.2) is 36.4 Å². The highest BCUT2D eigenvalue weighted by molar-refractivity contribution is 6.35. The van der Waals surface area contributed by atoms with Gasteiger partial charge >= 0.3 is 5.97 Å². The zero-order valence-electron chi connectivity index (χ0n) is 9.70. The molecule has 0 spiro atoms. The van der Waals surface area contributed by atoms with Gasteiger partial charge in [-0.05, 0) is 30.9 Å². The fourth-order valence-corrected chi connectivity index (χ4v) is 2.17. The number of aliphatic carboxylic acids is 1. The third-order valence-electron chi connectivity index (χ3n) is 3.08. The van der Waals surface area contributed by atoms with E-state index in [4.69, 9.17) is 11.6 Å². The minimum atomic E-state index is -0.926. The van der Waals surface area contributed by atoms with E-state index in [0.29, 0.717) is 5.02 Å². The van der Waals surface area contributed by atoms with Crippen LogP contribution in [-0.4, -0.2) is 11.1 Å². The Bertz CT molecular complexity index is 588. The van der Waals surface area contributed by atoms with Crippen molar-refractivity contribution in [2.24, 2.45) is 0 Å². The Morgan fingerprint density at radius 3 is 2.35 bits per heavy atom. The molecule has 2 aromatic carbocycles. The molecule has 0 atom stereocenters. The smallest absolute Gasteiger partial charge is 0.313 e. The summed E-state index contributed by atoms with van der Waals surface area (Å²) in [6.07, 6.45) is 0. The molecule has 0 saturated carbocycles. The van der Waals surface area contributed by atoms with E-state index in [1.54, 1.807) is 19.9 Å². The van der Waals surface area contributed by atoms with Crippen LogP contribution >= 0.6 is 11.6 Å². The Labute approximate surface area is 105 Å². The maximum atomic E-state index is 11.3. The molecule has 0 bridgehead atoms. The molecule has 0 fully saturated rings. The van der Waals surface area contributed by atoms with Crippen LogP contribution < -0.4 is 0 Å². The van der Waals surface area contributed by atoms with Crippen LogP contribution in [0.5, 0.6) is 0 Å². The number of benzene rings is 2. The van der Waals surface area contributed by atoms with Gasteiger partial charge in [-0.2, -0.15) is 0 Å². The fourth-order valence-electron chi connectivity index (χ4n) is 1.93. The van der Waals surface area contributed by atoms with E-state index in [9.17, 15) is 9.90 Å². The van der Waals surface area contributed by atoms with Crippen molar-refractivity contribution < 1.29 is 9.90 Å². The highest BCUT2D eigenvalue weighted by atomic mass is 35.5. The molecule has 17 heavy (non-hydrogen) atoms.